The molecule has 0 N–H and O–H groups in total. The van der Waals surface area contributed by atoms with Gasteiger partial charge in [0.15, 0.2) is 0 Å². The van der Waals surface area contributed by atoms with Crippen molar-refractivity contribution in [1.29, 1.82) is 0 Å². The predicted molar refractivity (Wildman–Crippen MR) is 154 cm³/mol. The largest absolute Gasteiger partial charge is 0.495 e. The highest BCUT2D eigenvalue weighted by atomic mass is 16.5. The summed E-state index contributed by atoms with van der Waals surface area (Å²) in [6.45, 7) is 0. The molecular weight excluding hydrogens is 468 g/mol. The lowest BCUT2D eigenvalue weighted by Gasteiger charge is -2.23. The van der Waals surface area contributed by atoms with Gasteiger partial charge in [-0.3, -0.25) is 9.97 Å². The van der Waals surface area contributed by atoms with Crippen molar-refractivity contribution >= 4 is 10.8 Å². The molecule has 0 atom stereocenters. The molecule has 4 heteroatoms. The summed E-state index contributed by atoms with van der Waals surface area (Å²) >= 11 is 0. The van der Waals surface area contributed by atoms with Gasteiger partial charge >= 0.3 is 0 Å². The Morgan fingerprint density at radius 3 is 1.18 bits per heavy atom. The number of aromatic nitrogens is 2. The van der Waals surface area contributed by atoms with Crippen molar-refractivity contribution in [3.63, 3.8) is 0 Å². The van der Waals surface area contributed by atoms with E-state index >= 15 is 0 Å². The van der Waals surface area contributed by atoms with Crippen LogP contribution in [0.5, 0.6) is 11.5 Å². The Morgan fingerprint density at radius 2 is 0.842 bits per heavy atom. The minimum absolute atomic E-state index is 0.788. The van der Waals surface area contributed by atoms with E-state index < -0.39 is 0 Å². The van der Waals surface area contributed by atoms with Gasteiger partial charge in [-0.1, -0.05) is 72.8 Å². The van der Waals surface area contributed by atoms with E-state index in [0.717, 1.165) is 66.8 Å². The van der Waals surface area contributed by atoms with Gasteiger partial charge in [0.05, 0.1) is 14.2 Å². The molecule has 0 aliphatic heterocycles. The number of benzene rings is 4. The van der Waals surface area contributed by atoms with Gasteiger partial charge in [-0.15, -0.1) is 0 Å². The maximum absolute atomic E-state index is 6.22. The van der Waals surface area contributed by atoms with Crippen molar-refractivity contribution in [2.24, 2.45) is 0 Å². The average molecular weight is 495 g/mol. The second kappa shape index (κ2) is 10.2. The molecular formula is C34H26N2O2. The van der Waals surface area contributed by atoms with Crippen molar-refractivity contribution in [2.45, 2.75) is 0 Å². The summed E-state index contributed by atoms with van der Waals surface area (Å²) < 4.78 is 12.4. The molecule has 38 heavy (non-hydrogen) atoms. The zero-order valence-corrected chi connectivity index (χ0v) is 21.3. The standard InChI is InChI=1S/C34H26N2O2/c1-37-33-29(23-11-5-3-6-12-23)19-28(26-16-10-18-36-22-26)32-31(33)27(25-15-9-17-35-21-25)20-30(34(32)38-2)24-13-7-4-8-14-24/h3-22H,1-2H3. The van der Waals surface area contributed by atoms with Crippen molar-refractivity contribution in [1.82, 2.24) is 9.97 Å². The van der Waals surface area contributed by atoms with Gasteiger partial charge in [-0.2, -0.15) is 0 Å². The SMILES string of the molecule is COc1c(-c2ccccc2)cc(-c2cccnc2)c2c(OC)c(-c3ccccc3)cc(-c3cccnc3)c12. The summed E-state index contributed by atoms with van der Waals surface area (Å²) in [5, 5.41) is 1.94. The first-order chi connectivity index (χ1) is 18.8. The number of rotatable bonds is 6. The molecule has 184 valence electrons. The van der Waals surface area contributed by atoms with Crippen LogP contribution < -0.4 is 9.47 Å². The Labute approximate surface area is 222 Å². The molecule has 0 fully saturated rings. The van der Waals surface area contributed by atoms with Crippen LogP contribution in [0.1, 0.15) is 0 Å². The van der Waals surface area contributed by atoms with Gasteiger partial charge in [0.25, 0.3) is 0 Å². The summed E-state index contributed by atoms with van der Waals surface area (Å²) in [7, 11) is 3.46. The van der Waals surface area contributed by atoms with Crippen LogP contribution in [0.15, 0.2) is 122 Å². The predicted octanol–water partition coefficient (Wildman–Crippen LogP) is 8.32. The lowest BCUT2D eigenvalue weighted by molar-refractivity contribution is 0.417. The minimum atomic E-state index is 0.788. The Bertz CT molecular complexity index is 1570. The highest BCUT2D eigenvalue weighted by Crippen LogP contribution is 2.52. The van der Waals surface area contributed by atoms with Gasteiger partial charge in [-0.25, -0.2) is 0 Å². The number of pyridine rings is 2. The Balaban J connectivity index is 1.86. The molecule has 6 aromatic rings. The van der Waals surface area contributed by atoms with E-state index in [9.17, 15) is 0 Å². The quantitative estimate of drug-likeness (QED) is 0.233. The van der Waals surface area contributed by atoms with E-state index in [4.69, 9.17) is 9.47 Å². The van der Waals surface area contributed by atoms with Crippen LogP contribution in [0, 0.1) is 0 Å². The van der Waals surface area contributed by atoms with Gasteiger partial charge in [0.1, 0.15) is 11.5 Å². The maximum atomic E-state index is 6.22. The first kappa shape index (κ1) is 23.4. The number of nitrogens with zero attached hydrogens (tertiary/aromatic N) is 2. The van der Waals surface area contributed by atoms with E-state index in [2.05, 4.69) is 58.5 Å². The zero-order chi connectivity index (χ0) is 25.9. The molecule has 0 amide bonds. The highest BCUT2D eigenvalue weighted by Gasteiger charge is 2.25. The molecule has 0 radical (unpaired) electrons. The fourth-order valence-corrected chi connectivity index (χ4v) is 5.16. The first-order valence-electron chi connectivity index (χ1n) is 12.5. The molecule has 0 unspecified atom stereocenters. The first-order valence-corrected chi connectivity index (χ1v) is 12.5. The molecule has 6 rings (SSSR count). The van der Waals surface area contributed by atoms with Crippen molar-refractivity contribution in [2.75, 3.05) is 14.2 Å². The van der Waals surface area contributed by atoms with E-state index in [1.54, 1.807) is 26.6 Å². The Kier molecular flexibility index (Phi) is 6.29. The van der Waals surface area contributed by atoms with E-state index in [0.29, 0.717) is 0 Å². The van der Waals surface area contributed by atoms with Crippen molar-refractivity contribution in [3.05, 3.63) is 122 Å². The number of ether oxygens (including phenoxy) is 2. The molecule has 4 aromatic carbocycles. The fraction of sp³-hybridized carbons (Fsp3) is 0.0588. The Hall–Kier alpha value is -4.96. The molecule has 4 nitrogen and oxygen atoms in total. The van der Waals surface area contributed by atoms with Gasteiger partial charge in [0, 0.05) is 57.8 Å². The average Bonchev–Trinajstić information content (AvgIpc) is 3.01. The van der Waals surface area contributed by atoms with Crippen LogP contribution in [0.25, 0.3) is 55.3 Å². The van der Waals surface area contributed by atoms with Crippen molar-refractivity contribution in [3.8, 4) is 56.0 Å². The number of hydrogen-bond donors (Lipinski definition) is 0. The number of hydrogen-bond acceptors (Lipinski definition) is 4. The number of methoxy groups -OCH3 is 2. The van der Waals surface area contributed by atoms with Crippen LogP contribution in [-0.4, -0.2) is 24.2 Å². The summed E-state index contributed by atoms with van der Waals surface area (Å²) in [6, 6.07) is 33.1. The zero-order valence-electron chi connectivity index (χ0n) is 21.3. The molecule has 0 aliphatic rings. The second-order valence-corrected chi connectivity index (χ2v) is 8.98. The van der Waals surface area contributed by atoms with Crippen LogP contribution >= 0.6 is 0 Å². The summed E-state index contributed by atoms with van der Waals surface area (Å²) in [5.41, 5.74) is 8.17. The van der Waals surface area contributed by atoms with Gasteiger partial charge in [0.2, 0.25) is 0 Å². The normalized spacial score (nSPS) is 10.9. The highest BCUT2D eigenvalue weighted by molar-refractivity contribution is 6.16. The Morgan fingerprint density at radius 1 is 0.447 bits per heavy atom. The molecule has 0 saturated heterocycles. The fourth-order valence-electron chi connectivity index (χ4n) is 5.16. The van der Waals surface area contributed by atoms with E-state index in [-0.39, 0.29) is 0 Å². The summed E-state index contributed by atoms with van der Waals surface area (Å²) in [5.74, 6) is 1.58. The smallest absolute Gasteiger partial charge is 0.135 e. The molecule has 0 spiro atoms. The topological polar surface area (TPSA) is 44.2 Å². The lowest BCUT2D eigenvalue weighted by atomic mass is 9.85. The number of fused-ring (bicyclic) bond motifs is 1. The molecule has 2 heterocycles. The third-order valence-electron chi connectivity index (χ3n) is 6.83. The maximum Gasteiger partial charge on any atom is 0.135 e. The van der Waals surface area contributed by atoms with Crippen LogP contribution in [0.4, 0.5) is 0 Å². The summed E-state index contributed by atoms with van der Waals surface area (Å²) in [4.78, 5) is 8.89. The third-order valence-corrected chi connectivity index (χ3v) is 6.83. The molecule has 2 aromatic heterocycles. The van der Waals surface area contributed by atoms with Crippen LogP contribution in [0.2, 0.25) is 0 Å². The minimum Gasteiger partial charge on any atom is -0.495 e. The summed E-state index contributed by atoms with van der Waals surface area (Å²) in [6.07, 6.45) is 7.38. The van der Waals surface area contributed by atoms with Gasteiger partial charge in [-0.05, 0) is 46.5 Å². The van der Waals surface area contributed by atoms with E-state index in [1.807, 2.05) is 60.9 Å². The third kappa shape index (κ3) is 4.06. The van der Waals surface area contributed by atoms with Crippen LogP contribution in [0.3, 0.4) is 0 Å². The van der Waals surface area contributed by atoms with Crippen molar-refractivity contribution < 1.29 is 9.47 Å². The lowest BCUT2D eigenvalue weighted by Crippen LogP contribution is -1.99. The molecule has 0 saturated carbocycles. The van der Waals surface area contributed by atoms with Crippen LogP contribution in [-0.2, 0) is 0 Å². The molecule has 0 aliphatic carbocycles. The van der Waals surface area contributed by atoms with E-state index in [1.165, 1.54) is 0 Å². The second-order valence-electron chi connectivity index (χ2n) is 8.98. The monoisotopic (exact) mass is 494 g/mol. The van der Waals surface area contributed by atoms with Gasteiger partial charge < -0.3 is 9.47 Å². The molecule has 0 bridgehead atoms.